The second-order valence-electron chi connectivity index (χ2n) is 3.95. The molecule has 4 N–H and O–H groups in total. The minimum absolute atomic E-state index is 0.506. The minimum atomic E-state index is 0.506. The fraction of sp³-hybridized carbons (Fsp3) is 0.143. The lowest BCUT2D eigenvalue weighted by Crippen LogP contribution is -1.94. The van der Waals surface area contributed by atoms with Gasteiger partial charge in [0.05, 0.1) is 11.4 Å². The van der Waals surface area contributed by atoms with Gasteiger partial charge in [-0.25, -0.2) is 0 Å². The minimum Gasteiger partial charge on any atom is -0.326 e. The number of benzene rings is 2. The highest BCUT2D eigenvalue weighted by Crippen LogP contribution is 2.19. The van der Waals surface area contributed by atoms with Crippen LogP contribution in [0.1, 0.15) is 11.1 Å². The average Bonchev–Trinajstić information content (AvgIpc) is 2.45. The molecule has 18 heavy (non-hydrogen) atoms. The molecule has 2 rings (SSSR count). The van der Waals surface area contributed by atoms with Crippen LogP contribution in [0.3, 0.4) is 0 Å². The number of hydrogen-bond acceptors (Lipinski definition) is 4. The Bertz CT molecular complexity index is 499. The monoisotopic (exact) mass is 240 g/mol. The Kier molecular flexibility index (Phi) is 4.17. The molecular formula is C14H16N4. The molecule has 2 aromatic carbocycles. The maximum Gasteiger partial charge on any atom is 0.0860 e. The molecule has 0 saturated heterocycles. The van der Waals surface area contributed by atoms with Crippen molar-refractivity contribution in [3.05, 3.63) is 59.7 Å². The van der Waals surface area contributed by atoms with Crippen LogP contribution in [-0.2, 0) is 13.1 Å². The topological polar surface area (TPSA) is 76.8 Å². The lowest BCUT2D eigenvalue weighted by molar-refractivity contribution is 1.06. The van der Waals surface area contributed by atoms with Crippen molar-refractivity contribution in [3.63, 3.8) is 0 Å². The highest BCUT2D eigenvalue weighted by Gasteiger charge is 1.94. The highest BCUT2D eigenvalue weighted by atomic mass is 15.1. The van der Waals surface area contributed by atoms with Crippen LogP contribution in [-0.4, -0.2) is 0 Å². The van der Waals surface area contributed by atoms with E-state index in [9.17, 15) is 0 Å². The van der Waals surface area contributed by atoms with E-state index in [2.05, 4.69) is 10.2 Å². The number of hydrogen-bond donors (Lipinski definition) is 2. The molecule has 0 aliphatic rings. The third-order valence-electron chi connectivity index (χ3n) is 2.57. The summed E-state index contributed by atoms with van der Waals surface area (Å²) in [6.45, 7) is 1.01. The molecule has 0 aliphatic heterocycles. The molecule has 0 aromatic heterocycles. The quantitative estimate of drug-likeness (QED) is 0.806. The summed E-state index contributed by atoms with van der Waals surface area (Å²) in [6.07, 6.45) is 0. The van der Waals surface area contributed by atoms with Gasteiger partial charge in [0.15, 0.2) is 0 Å². The summed E-state index contributed by atoms with van der Waals surface area (Å²) >= 11 is 0. The lowest BCUT2D eigenvalue weighted by atomic mass is 10.2. The van der Waals surface area contributed by atoms with Gasteiger partial charge < -0.3 is 11.5 Å². The molecule has 92 valence electrons. The van der Waals surface area contributed by atoms with Gasteiger partial charge in [-0.1, -0.05) is 24.3 Å². The molecule has 2 aromatic rings. The Morgan fingerprint density at radius 1 is 0.722 bits per heavy atom. The number of nitrogens with zero attached hydrogens (tertiary/aromatic N) is 2. The van der Waals surface area contributed by atoms with Crippen molar-refractivity contribution in [1.29, 1.82) is 0 Å². The smallest absolute Gasteiger partial charge is 0.0860 e. The molecule has 4 heteroatoms. The van der Waals surface area contributed by atoms with Gasteiger partial charge in [-0.15, -0.1) is 0 Å². The molecular weight excluding hydrogens is 224 g/mol. The van der Waals surface area contributed by atoms with E-state index in [4.69, 9.17) is 11.5 Å². The summed E-state index contributed by atoms with van der Waals surface area (Å²) < 4.78 is 0. The molecule has 0 heterocycles. The summed E-state index contributed by atoms with van der Waals surface area (Å²) in [6, 6.07) is 15.4. The van der Waals surface area contributed by atoms with Crippen molar-refractivity contribution < 1.29 is 0 Å². The van der Waals surface area contributed by atoms with Crippen LogP contribution in [0.5, 0.6) is 0 Å². The van der Waals surface area contributed by atoms with Gasteiger partial charge in [0, 0.05) is 13.1 Å². The summed E-state index contributed by atoms with van der Waals surface area (Å²) in [4.78, 5) is 0. The number of azo groups is 1. The van der Waals surface area contributed by atoms with E-state index in [-0.39, 0.29) is 0 Å². The van der Waals surface area contributed by atoms with Crippen LogP contribution >= 0.6 is 0 Å². The van der Waals surface area contributed by atoms with E-state index in [0.29, 0.717) is 13.1 Å². The van der Waals surface area contributed by atoms with Crippen molar-refractivity contribution >= 4 is 11.4 Å². The first kappa shape index (κ1) is 12.4. The molecule has 0 bridgehead atoms. The Balaban J connectivity index is 2.18. The average molecular weight is 240 g/mol. The van der Waals surface area contributed by atoms with Crippen LogP contribution in [0.2, 0.25) is 0 Å². The molecule has 0 radical (unpaired) electrons. The lowest BCUT2D eigenvalue weighted by Gasteiger charge is -1.99. The first-order chi connectivity index (χ1) is 8.81. The van der Waals surface area contributed by atoms with Crippen molar-refractivity contribution in [2.24, 2.45) is 21.7 Å². The molecule has 0 unspecified atom stereocenters. The van der Waals surface area contributed by atoms with Crippen molar-refractivity contribution in [3.8, 4) is 0 Å². The van der Waals surface area contributed by atoms with Gasteiger partial charge in [0.2, 0.25) is 0 Å². The Morgan fingerprint density at radius 3 is 1.56 bits per heavy atom. The highest BCUT2D eigenvalue weighted by molar-refractivity contribution is 5.43. The second-order valence-corrected chi connectivity index (χ2v) is 3.95. The van der Waals surface area contributed by atoms with Gasteiger partial charge in [-0.05, 0) is 35.4 Å². The fourth-order valence-electron chi connectivity index (χ4n) is 1.61. The maximum absolute atomic E-state index is 5.58. The summed E-state index contributed by atoms with van der Waals surface area (Å²) in [5, 5.41) is 8.38. The zero-order valence-corrected chi connectivity index (χ0v) is 10.1. The number of rotatable bonds is 4. The Hall–Kier alpha value is -2.04. The second kappa shape index (κ2) is 6.05. The van der Waals surface area contributed by atoms with Crippen LogP contribution < -0.4 is 11.5 Å². The first-order valence-electron chi connectivity index (χ1n) is 5.81. The van der Waals surface area contributed by atoms with Crippen molar-refractivity contribution in [1.82, 2.24) is 0 Å². The first-order valence-corrected chi connectivity index (χ1v) is 5.81. The standard InChI is InChI=1S/C14H16N4/c15-9-11-3-1-5-13(7-11)17-18-14-6-2-4-12(8-14)10-16/h1-8H,9-10,15-16H2/b18-17+. The van der Waals surface area contributed by atoms with E-state index in [0.717, 1.165) is 22.5 Å². The zero-order chi connectivity index (χ0) is 12.8. The van der Waals surface area contributed by atoms with Crippen LogP contribution in [0, 0.1) is 0 Å². The molecule has 0 aliphatic carbocycles. The van der Waals surface area contributed by atoms with Crippen LogP contribution in [0.25, 0.3) is 0 Å². The maximum atomic E-state index is 5.58. The fourth-order valence-corrected chi connectivity index (χ4v) is 1.61. The van der Waals surface area contributed by atoms with Crippen molar-refractivity contribution in [2.75, 3.05) is 0 Å². The summed E-state index contributed by atoms with van der Waals surface area (Å²) in [7, 11) is 0. The molecule has 0 fully saturated rings. The van der Waals surface area contributed by atoms with Gasteiger partial charge in [-0.2, -0.15) is 10.2 Å². The largest absolute Gasteiger partial charge is 0.326 e. The van der Waals surface area contributed by atoms with Crippen molar-refractivity contribution in [2.45, 2.75) is 13.1 Å². The van der Waals surface area contributed by atoms with Gasteiger partial charge in [0.25, 0.3) is 0 Å². The Morgan fingerprint density at radius 2 is 1.17 bits per heavy atom. The molecule has 0 atom stereocenters. The van der Waals surface area contributed by atoms with Gasteiger partial charge in [-0.3, -0.25) is 0 Å². The Labute approximate surface area is 106 Å². The number of nitrogens with two attached hydrogens (primary N) is 2. The predicted octanol–water partition coefficient (Wildman–Crippen LogP) is 3.02. The predicted molar refractivity (Wildman–Crippen MR) is 72.8 cm³/mol. The normalized spacial score (nSPS) is 11.0. The van der Waals surface area contributed by atoms with Gasteiger partial charge >= 0.3 is 0 Å². The molecule has 4 nitrogen and oxygen atoms in total. The van der Waals surface area contributed by atoms with Crippen LogP contribution in [0.4, 0.5) is 11.4 Å². The van der Waals surface area contributed by atoms with E-state index in [1.807, 2.05) is 48.5 Å². The van der Waals surface area contributed by atoms with E-state index in [1.165, 1.54) is 0 Å². The van der Waals surface area contributed by atoms with E-state index in [1.54, 1.807) is 0 Å². The third kappa shape index (κ3) is 3.23. The molecule has 0 amide bonds. The summed E-state index contributed by atoms with van der Waals surface area (Å²) in [5.41, 5.74) is 14.8. The zero-order valence-electron chi connectivity index (χ0n) is 10.1. The van der Waals surface area contributed by atoms with Gasteiger partial charge in [0.1, 0.15) is 0 Å². The van der Waals surface area contributed by atoms with Crippen LogP contribution in [0.15, 0.2) is 58.8 Å². The molecule has 0 saturated carbocycles. The molecule has 0 spiro atoms. The van der Waals surface area contributed by atoms with E-state index < -0.39 is 0 Å². The SMILES string of the molecule is NCc1cccc(/N=N/c2cccc(CN)c2)c1. The van der Waals surface area contributed by atoms with E-state index >= 15 is 0 Å². The third-order valence-corrected chi connectivity index (χ3v) is 2.57. The summed E-state index contributed by atoms with van der Waals surface area (Å²) in [5.74, 6) is 0.